The van der Waals surface area contributed by atoms with E-state index in [0.29, 0.717) is 27.5 Å². The monoisotopic (exact) mass is 451 g/mol. The molecule has 0 saturated carbocycles. The standard InChI is InChI=1S/C23H22ClN5O3/c1-5-19(30)28(23-21(29(31)32)14(2)10-15(3)26-23)12-16-6-8-17(9-7-16)20-18(11-25)13-27(4)22(20)24/h6-10,13H,5,12H2,1-4H3. The molecule has 8 nitrogen and oxygen atoms in total. The van der Waals surface area contributed by atoms with Crippen LogP contribution in [-0.2, 0) is 18.4 Å². The summed E-state index contributed by atoms with van der Waals surface area (Å²) in [5.41, 5.74) is 3.49. The van der Waals surface area contributed by atoms with E-state index in [0.717, 1.165) is 11.1 Å². The van der Waals surface area contributed by atoms with Gasteiger partial charge < -0.3 is 4.57 Å². The Balaban J connectivity index is 2.02. The number of hydrogen-bond donors (Lipinski definition) is 0. The Morgan fingerprint density at radius 2 is 1.97 bits per heavy atom. The van der Waals surface area contributed by atoms with Gasteiger partial charge in [-0.3, -0.25) is 19.8 Å². The maximum atomic E-state index is 12.7. The second-order valence-electron chi connectivity index (χ2n) is 7.47. The van der Waals surface area contributed by atoms with Gasteiger partial charge in [-0.2, -0.15) is 5.26 Å². The fraction of sp³-hybridized carbons (Fsp3) is 0.261. The molecule has 3 aromatic rings. The Labute approximate surface area is 190 Å². The average Bonchev–Trinajstić information content (AvgIpc) is 3.04. The molecule has 2 aromatic heterocycles. The third kappa shape index (κ3) is 4.34. The number of pyridine rings is 1. The minimum absolute atomic E-state index is 0.0429. The fourth-order valence-electron chi connectivity index (χ4n) is 3.62. The molecule has 0 spiro atoms. The van der Waals surface area contributed by atoms with E-state index in [4.69, 9.17) is 11.6 Å². The molecular weight excluding hydrogens is 430 g/mol. The molecule has 9 heteroatoms. The van der Waals surface area contributed by atoms with Crippen molar-refractivity contribution in [3.05, 3.63) is 74.2 Å². The minimum atomic E-state index is -0.503. The zero-order valence-corrected chi connectivity index (χ0v) is 19.0. The van der Waals surface area contributed by atoms with Crippen molar-refractivity contribution < 1.29 is 9.72 Å². The van der Waals surface area contributed by atoms with Crippen LogP contribution in [0.15, 0.2) is 36.5 Å². The average molecular weight is 452 g/mol. The van der Waals surface area contributed by atoms with Crippen LogP contribution in [0.5, 0.6) is 0 Å². The number of carbonyl (C=O) groups excluding carboxylic acids is 1. The summed E-state index contributed by atoms with van der Waals surface area (Å²) in [5.74, 6) is -0.228. The van der Waals surface area contributed by atoms with Gasteiger partial charge in [0.25, 0.3) is 0 Å². The first kappa shape index (κ1) is 23.0. The number of aryl methyl sites for hydroxylation is 3. The normalized spacial score (nSPS) is 10.6. The second kappa shape index (κ2) is 9.20. The number of hydrogen-bond acceptors (Lipinski definition) is 5. The molecule has 0 aliphatic heterocycles. The molecule has 0 saturated heterocycles. The summed E-state index contributed by atoms with van der Waals surface area (Å²) in [6, 6.07) is 11.0. The highest BCUT2D eigenvalue weighted by atomic mass is 35.5. The lowest BCUT2D eigenvalue weighted by Gasteiger charge is -2.22. The fourth-order valence-corrected chi connectivity index (χ4v) is 3.88. The second-order valence-corrected chi connectivity index (χ2v) is 7.83. The van der Waals surface area contributed by atoms with Crippen molar-refractivity contribution in [2.75, 3.05) is 4.90 Å². The zero-order chi connectivity index (χ0) is 23.6. The largest absolute Gasteiger partial charge is 0.340 e. The first-order valence-corrected chi connectivity index (χ1v) is 10.3. The van der Waals surface area contributed by atoms with E-state index >= 15 is 0 Å². The molecular formula is C23H22ClN5O3. The third-order valence-electron chi connectivity index (χ3n) is 5.15. The molecule has 0 fully saturated rings. The molecule has 0 radical (unpaired) electrons. The quantitative estimate of drug-likeness (QED) is 0.383. The Morgan fingerprint density at radius 3 is 2.53 bits per heavy atom. The third-order valence-corrected chi connectivity index (χ3v) is 5.60. The number of nitriles is 1. The Bertz CT molecular complexity index is 1240. The minimum Gasteiger partial charge on any atom is -0.340 e. The first-order valence-electron chi connectivity index (χ1n) is 9.95. The van der Waals surface area contributed by atoms with E-state index in [-0.39, 0.29) is 30.4 Å². The highest BCUT2D eigenvalue weighted by molar-refractivity contribution is 6.32. The maximum Gasteiger partial charge on any atom is 0.314 e. The summed E-state index contributed by atoms with van der Waals surface area (Å²) in [6.45, 7) is 5.20. The van der Waals surface area contributed by atoms with E-state index in [1.54, 1.807) is 44.6 Å². The number of halogens is 1. The molecule has 0 unspecified atom stereocenters. The summed E-state index contributed by atoms with van der Waals surface area (Å²) >= 11 is 6.36. The number of amides is 1. The highest BCUT2D eigenvalue weighted by Crippen LogP contribution is 2.34. The molecule has 0 bridgehead atoms. The summed E-state index contributed by atoms with van der Waals surface area (Å²) in [6.07, 6.45) is 1.84. The molecule has 32 heavy (non-hydrogen) atoms. The Kier molecular flexibility index (Phi) is 6.61. The van der Waals surface area contributed by atoms with Crippen molar-refractivity contribution in [1.82, 2.24) is 9.55 Å². The predicted octanol–water partition coefficient (Wildman–Crippen LogP) is 5.08. The van der Waals surface area contributed by atoms with Crippen LogP contribution in [-0.4, -0.2) is 20.4 Å². The molecule has 3 rings (SSSR count). The van der Waals surface area contributed by atoms with Crippen LogP contribution in [0.1, 0.15) is 35.7 Å². The van der Waals surface area contributed by atoms with Gasteiger partial charge in [0.15, 0.2) is 0 Å². The van der Waals surface area contributed by atoms with Crippen molar-refractivity contribution in [2.24, 2.45) is 7.05 Å². The van der Waals surface area contributed by atoms with Crippen LogP contribution >= 0.6 is 11.6 Å². The van der Waals surface area contributed by atoms with Gasteiger partial charge in [0, 0.05) is 36.5 Å². The predicted molar refractivity (Wildman–Crippen MR) is 122 cm³/mol. The lowest BCUT2D eigenvalue weighted by atomic mass is 10.0. The van der Waals surface area contributed by atoms with E-state index in [2.05, 4.69) is 11.1 Å². The maximum absolute atomic E-state index is 12.7. The number of carbonyl (C=O) groups is 1. The van der Waals surface area contributed by atoms with Crippen LogP contribution < -0.4 is 4.90 Å². The van der Waals surface area contributed by atoms with Gasteiger partial charge in [0.2, 0.25) is 11.7 Å². The molecule has 1 aromatic carbocycles. The van der Waals surface area contributed by atoms with Gasteiger partial charge in [-0.1, -0.05) is 42.8 Å². The number of nitro groups is 1. The smallest absolute Gasteiger partial charge is 0.314 e. The number of rotatable bonds is 6. The van der Waals surface area contributed by atoms with E-state index in [9.17, 15) is 20.2 Å². The topological polar surface area (TPSA) is 105 Å². The van der Waals surface area contributed by atoms with Gasteiger partial charge in [-0.05, 0) is 31.0 Å². The van der Waals surface area contributed by atoms with E-state index in [1.807, 2.05) is 24.3 Å². The Hall–Kier alpha value is -3.70. The molecule has 1 amide bonds. The zero-order valence-electron chi connectivity index (χ0n) is 18.2. The summed E-state index contributed by atoms with van der Waals surface area (Å²) in [5, 5.41) is 21.5. The van der Waals surface area contributed by atoms with Crippen molar-refractivity contribution in [3.8, 4) is 17.2 Å². The van der Waals surface area contributed by atoms with Gasteiger partial charge in [0.05, 0.1) is 17.0 Å². The lowest BCUT2D eigenvalue weighted by molar-refractivity contribution is -0.384. The summed E-state index contributed by atoms with van der Waals surface area (Å²) in [7, 11) is 1.76. The van der Waals surface area contributed by atoms with Crippen molar-refractivity contribution in [2.45, 2.75) is 33.7 Å². The van der Waals surface area contributed by atoms with Crippen molar-refractivity contribution >= 4 is 29.0 Å². The molecule has 0 N–H and O–H groups in total. The molecule has 2 heterocycles. The lowest BCUT2D eigenvalue weighted by Crippen LogP contribution is -2.31. The van der Waals surface area contributed by atoms with Crippen LogP contribution in [0, 0.1) is 35.3 Å². The Morgan fingerprint density at radius 1 is 1.31 bits per heavy atom. The summed E-state index contributed by atoms with van der Waals surface area (Å²) in [4.78, 5) is 29.6. The van der Waals surface area contributed by atoms with Gasteiger partial charge in [-0.25, -0.2) is 4.98 Å². The van der Waals surface area contributed by atoms with E-state index in [1.165, 1.54) is 4.90 Å². The van der Waals surface area contributed by atoms with E-state index < -0.39 is 4.92 Å². The molecule has 0 aliphatic rings. The molecule has 0 aliphatic carbocycles. The van der Waals surface area contributed by atoms with Gasteiger partial charge in [0.1, 0.15) is 11.2 Å². The number of nitrogens with zero attached hydrogens (tertiary/aromatic N) is 5. The molecule has 164 valence electrons. The van der Waals surface area contributed by atoms with Gasteiger partial charge >= 0.3 is 5.69 Å². The SMILES string of the molecule is CCC(=O)N(Cc1ccc(-c2c(C#N)cn(C)c2Cl)cc1)c1nc(C)cc(C)c1[N+](=O)[O-]. The first-order chi connectivity index (χ1) is 15.2. The van der Waals surface area contributed by atoms with Crippen molar-refractivity contribution in [3.63, 3.8) is 0 Å². The van der Waals surface area contributed by atoms with Crippen LogP contribution in [0.25, 0.3) is 11.1 Å². The number of benzene rings is 1. The van der Waals surface area contributed by atoms with Crippen molar-refractivity contribution in [1.29, 1.82) is 5.26 Å². The van der Waals surface area contributed by atoms with Crippen LogP contribution in [0.3, 0.4) is 0 Å². The van der Waals surface area contributed by atoms with Gasteiger partial charge in [-0.15, -0.1) is 0 Å². The molecule has 0 atom stereocenters. The van der Waals surface area contributed by atoms with Crippen LogP contribution in [0.2, 0.25) is 5.15 Å². The number of aromatic nitrogens is 2. The summed E-state index contributed by atoms with van der Waals surface area (Å²) < 4.78 is 1.68. The van der Waals surface area contributed by atoms with Crippen LogP contribution in [0.4, 0.5) is 11.5 Å². The number of anilines is 1. The highest BCUT2D eigenvalue weighted by Gasteiger charge is 2.28.